The van der Waals surface area contributed by atoms with Crippen molar-refractivity contribution in [3.05, 3.63) is 29.3 Å². The lowest BCUT2D eigenvalue weighted by Crippen LogP contribution is -2.30. The second-order valence-corrected chi connectivity index (χ2v) is 5.41. The monoisotopic (exact) mass is 247 g/mol. The molecule has 2 heteroatoms. The number of ether oxygens (including phenoxy) is 1. The maximum Gasteiger partial charge on any atom is 0.122 e. The van der Waals surface area contributed by atoms with Gasteiger partial charge in [-0.2, -0.15) is 0 Å². The van der Waals surface area contributed by atoms with E-state index in [1.807, 2.05) is 0 Å². The summed E-state index contributed by atoms with van der Waals surface area (Å²) < 4.78 is 5.45. The summed E-state index contributed by atoms with van der Waals surface area (Å²) >= 11 is 0. The van der Waals surface area contributed by atoms with Gasteiger partial charge in [-0.1, -0.05) is 31.9 Å². The van der Waals surface area contributed by atoms with Gasteiger partial charge in [0.2, 0.25) is 0 Å². The molecule has 0 amide bonds. The van der Waals surface area contributed by atoms with Gasteiger partial charge < -0.3 is 10.5 Å². The second-order valence-electron chi connectivity index (χ2n) is 5.41. The van der Waals surface area contributed by atoms with Gasteiger partial charge in [0.15, 0.2) is 0 Å². The molecular formula is C16H25NO. The Labute approximate surface area is 111 Å². The quantitative estimate of drug-likeness (QED) is 0.866. The fourth-order valence-electron chi connectivity index (χ4n) is 3.02. The first-order valence-corrected chi connectivity index (χ1v) is 7.16. The summed E-state index contributed by atoms with van der Waals surface area (Å²) in [7, 11) is 1.74. The third-order valence-electron chi connectivity index (χ3n) is 4.21. The molecule has 2 N–H and O–H groups in total. The topological polar surface area (TPSA) is 35.2 Å². The summed E-state index contributed by atoms with van der Waals surface area (Å²) in [6.07, 6.45) is 7.32. The van der Waals surface area contributed by atoms with Crippen molar-refractivity contribution >= 4 is 0 Å². The van der Waals surface area contributed by atoms with E-state index < -0.39 is 0 Å². The largest absolute Gasteiger partial charge is 0.496 e. The maximum atomic E-state index is 6.37. The predicted molar refractivity (Wildman–Crippen MR) is 76.0 cm³/mol. The first kappa shape index (κ1) is 13.4. The lowest BCUT2D eigenvalue weighted by Gasteiger charge is -2.20. The molecule has 0 aromatic heterocycles. The highest BCUT2D eigenvalue weighted by molar-refractivity contribution is 5.38. The average Bonchev–Trinajstić information content (AvgIpc) is 2.92. The summed E-state index contributed by atoms with van der Waals surface area (Å²) in [6, 6.07) is 6.76. The molecule has 0 aliphatic heterocycles. The van der Waals surface area contributed by atoms with Crippen molar-refractivity contribution < 1.29 is 4.74 Å². The highest BCUT2D eigenvalue weighted by Crippen LogP contribution is 2.30. The molecule has 1 aromatic rings. The molecule has 0 bridgehead atoms. The van der Waals surface area contributed by atoms with Crippen LogP contribution in [0, 0.1) is 5.92 Å². The second kappa shape index (κ2) is 6.24. The van der Waals surface area contributed by atoms with Crippen LogP contribution in [0.1, 0.15) is 43.7 Å². The average molecular weight is 247 g/mol. The van der Waals surface area contributed by atoms with Crippen molar-refractivity contribution in [3.8, 4) is 5.75 Å². The molecule has 1 atom stereocenters. The van der Waals surface area contributed by atoms with E-state index in [1.54, 1.807) is 7.11 Å². The zero-order valence-electron chi connectivity index (χ0n) is 11.6. The lowest BCUT2D eigenvalue weighted by molar-refractivity contribution is 0.394. The molecule has 1 aliphatic rings. The third kappa shape index (κ3) is 3.05. The molecule has 100 valence electrons. The first-order valence-electron chi connectivity index (χ1n) is 7.16. The van der Waals surface area contributed by atoms with Crippen LogP contribution in [-0.4, -0.2) is 13.2 Å². The Balaban J connectivity index is 2.10. The third-order valence-corrected chi connectivity index (χ3v) is 4.21. The lowest BCUT2D eigenvalue weighted by atomic mass is 9.92. The van der Waals surface area contributed by atoms with Crippen molar-refractivity contribution in [2.24, 2.45) is 11.7 Å². The van der Waals surface area contributed by atoms with Crippen molar-refractivity contribution in [2.75, 3.05) is 7.11 Å². The number of benzene rings is 1. The number of aryl methyl sites for hydroxylation is 1. The Morgan fingerprint density at radius 1 is 1.33 bits per heavy atom. The minimum absolute atomic E-state index is 0.286. The fraction of sp³-hybridized carbons (Fsp3) is 0.625. The number of rotatable bonds is 5. The van der Waals surface area contributed by atoms with Gasteiger partial charge >= 0.3 is 0 Å². The van der Waals surface area contributed by atoms with E-state index in [9.17, 15) is 0 Å². The molecule has 18 heavy (non-hydrogen) atoms. The van der Waals surface area contributed by atoms with Gasteiger partial charge in [0, 0.05) is 6.04 Å². The summed E-state index contributed by atoms with van der Waals surface area (Å²) in [5, 5.41) is 0. The molecule has 1 aromatic carbocycles. The van der Waals surface area contributed by atoms with Gasteiger partial charge in [-0.15, -0.1) is 0 Å². The molecule has 2 nitrogen and oxygen atoms in total. The van der Waals surface area contributed by atoms with Crippen LogP contribution in [0.3, 0.4) is 0 Å². The molecule has 0 spiro atoms. The van der Waals surface area contributed by atoms with E-state index in [1.165, 1.54) is 36.8 Å². The highest BCUT2D eigenvalue weighted by atomic mass is 16.5. The Bertz CT molecular complexity index is 383. The van der Waals surface area contributed by atoms with Gasteiger partial charge in [-0.25, -0.2) is 0 Å². The molecule has 1 unspecified atom stereocenters. The summed E-state index contributed by atoms with van der Waals surface area (Å²) in [5.41, 5.74) is 9.01. The van der Waals surface area contributed by atoms with Gasteiger partial charge in [0.05, 0.1) is 7.11 Å². The minimum atomic E-state index is 0.286. The number of nitrogens with two attached hydrogens (primary N) is 1. The van der Waals surface area contributed by atoms with E-state index in [2.05, 4.69) is 25.1 Å². The number of methoxy groups -OCH3 is 1. The Hall–Kier alpha value is -1.02. The zero-order valence-corrected chi connectivity index (χ0v) is 11.6. The molecule has 2 rings (SSSR count). The standard InChI is InChI=1S/C16H25NO/c1-3-12-8-9-16(18-2)14(10-12)11-15(17)13-6-4-5-7-13/h8-10,13,15H,3-7,11,17H2,1-2H3. The number of hydrogen-bond acceptors (Lipinski definition) is 2. The molecule has 1 aliphatic carbocycles. The summed E-state index contributed by atoms with van der Waals surface area (Å²) in [4.78, 5) is 0. The van der Waals surface area contributed by atoms with Crippen molar-refractivity contribution in [1.82, 2.24) is 0 Å². The molecule has 0 radical (unpaired) electrons. The van der Waals surface area contributed by atoms with E-state index in [0.29, 0.717) is 5.92 Å². The van der Waals surface area contributed by atoms with Crippen LogP contribution in [0.15, 0.2) is 18.2 Å². The van der Waals surface area contributed by atoms with Crippen molar-refractivity contribution in [2.45, 2.75) is 51.5 Å². The maximum absolute atomic E-state index is 6.37. The predicted octanol–water partition coefficient (Wildman–Crippen LogP) is 3.32. The van der Waals surface area contributed by atoms with Crippen LogP contribution in [0.2, 0.25) is 0 Å². The fourth-order valence-corrected chi connectivity index (χ4v) is 3.02. The first-order chi connectivity index (χ1) is 8.74. The van der Waals surface area contributed by atoms with E-state index in [-0.39, 0.29) is 6.04 Å². The highest BCUT2D eigenvalue weighted by Gasteiger charge is 2.23. The van der Waals surface area contributed by atoms with E-state index in [4.69, 9.17) is 10.5 Å². The van der Waals surface area contributed by atoms with Crippen LogP contribution in [0.25, 0.3) is 0 Å². The Kier molecular flexibility index (Phi) is 4.65. The molecule has 0 saturated heterocycles. The van der Waals surface area contributed by atoms with Crippen LogP contribution >= 0.6 is 0 Å². The van der Waals surface area contributed by atoms with Gasteiger partial charge in [-0.05, 0) is 48.8 Å². The summed E-state index contributed by atoms with van der Waals surface area (Å²) in [6.45, 7) is 2.18. The van der Waals surface area contributed by atoms with Crippen LogP contribution in [0.4, 0.5) is 0 Å². The van der Waals surface area contributed by atoms with Gasteiger partial charge in [0.25, 0.3) is 0 Å². The molecule has 1 fully saturated rings. The van der Waals surface area contributed by atoms with E-state index in [0.717, 1.165) is 18.6 Å². The van der Waals surface area contributed by atoms with Gasteiger partial charge in [-0.3, -0.25) is 0 Å². The molecular weight excluding hydrogens is 222 g/mol. The van der Waals surface area contributed by atoms with Crippen molar-refractivity contribution in [1.29, 1.82) is 0 Å². The molecule has 1 saturated carbocycles. The SMILES string of the molecule is CCc1ccc(OC)c(CC(N)C2CCCC2)c1. The van der Waals surface area contributed by atoms with Crippen molar-refractivity contribution in [3.63, 3.8) is 0 Å². The molecule has 0 heterocycles. The Morgan fingerprint density at radius 2 is 2.06 bits per heavy atom. The Morgan fingerprint density at radius 3 is 2.67 bits per heavy atom. The van der Waals surface area contributed by atoms with Crippen LogP contribution in [0.5, 0.6) is 5.75 Å². The zero-order chi connectivity index (χ0) is 13.0. The van der Waals surface area contributed by atoms with Crippen LogP contribution in [-0.2, 0) is 12.8 Å². The normalized spacial score (nSPS) is 17.9. The summed E-state index contributed by atoms with van der Waals surface area (Å²) in [5.74, 6) is 1.70. The van der Waals surface area contributed by atoms with Crippen LogP contribution < -0.4 is 10.5 Å². The van der Waals surface area contributed by atoms with Gasteiger partial charge in [0.1, 0.15) is 5.75 Å². The van der Waals surface area contributed by atoms with E-state index >= 15 is 0 Å². The minimum Gasteiger partial charge on any atom is -0.496 e. The smallest absolute Gasteiger partial charge is 0.122 e. The number of hydrogen-bond donors (Lipinski definition) is 1.